The summed E-state index contributed by atoms with van der Waals surface area (Å²) in [4.78, 5) is 32.7. The molecule has 0 radical (unpaired) electrons. The van der Waals surface area contributed by atoms with Gasteiger partial charge in [-0.2, -0.15) is 5.10 Å². The Balaban J connectivity index is 1.32. The highest BCUT2D eigenvalue weighted by Crippen LogP contribution is 2.24. The molecule has 162 valence electrons. The van der Waals surface area contributed by atoms with Crippen LogP contribution in [0.4, 0.5) is 10.8 Å². The minimum absolute atomic E-state index is 0.129. The Labute approximate surface area is 192 Å². The number of anilines is 2. The van der Waals surface area contributed by atoms with E-state index < -0.39 is 18.5 Å². The van der Waals surface area contributed by atoms with Crippen LogP contribution in [0.3, 0.4) is 0 Å². The van der Waals surface area contributed by atoms with Crippen LogP contribution >= 0.6 is 22.9 Å². The molecule has 0 unspecified atom stereocenters. The van der Waals surface area contributed by atoms with E-state index in [1.165, 1.54) is 28.7 Å². The van der Waals surface area contributed by atoms with Gasteiger partial charge in [0, 0.05) is 16.9 Å². The van der Waals surface area contributed by atoms with E-state index in [0.29, 0.717) is 28.1 Å². The Morgan fingerprint density at radius 3 is 2.78 bits per heavy atom. The van der Waals surface area contributed by atoms with Crippen LogP contribution in [0.1, 0.15) is 16.1 Å². The molecule has 0 atom stereocenters. The third-order valence-corrected chi connectivity index (χ3v) is 5.27. The number of hydrogen-bond donors (Lipinski definition) is 2. The molecule has 2 aromatic heterocycles. The van der Waals surface area contributed by atoms with Gasteiger partial charge < -0.3 is 15.4 Å². The van der Waals surface area contributed by atoms with Gasteiger partial charge >= 0.3 is 5.97 Å². The van der Waals surface area contributed by atoms with E-state index in [0.717, 1.165) is 5.56 Å². The van der Waals surface area contributed by atoms with Gasteiger partial charge in [-0.25, -0.2) is 19.4 Å². The summed E-state index contributed by atoms with van der Waals surface area (Å²) in [6, 6.07) is 14.8. The van der Waals surface area contributed by atoms with E-state index in [1.54, 1.807) is 23.6 Å². The summed E-state index contributed by atoms with van der Waals surface area (Å²) in [5.41, 5.74) is 2.20. The first-order valence-corrected chi connectivity index (χ1v) is 10.7. The topological polar surface area (TPSA) is 111 Å². The number of nitrogens with zero attached hydrogens (tertiary/aromatic N) is 4. The molecular formula is C21H17ClN6O3S. The molecule has 0 aliphatic rings. The number of rotatable bonds is 8. The number of nitrogens with one attached hydrogen (secondary N) is 2. The van der Waals surface area contributed by atoms with Crippen LogP contribution in [0.25, 0.3) is 5.69 Å². The number of amides is 1. The number of thiazole rings is 1. The molecule has 11 heteroatoms. The van der Waals surface area contributed by atoms with Gasteiger partial charge in [-0.1, -0.05) is 41.9 Å². The number of hydrogen-bond acceptors (Lipinski definition) is 8. The fourth-order valence-electron chi connectivity index (χ4n) is 2.75. The Morgan fingerprint density at radius 2 is 2.00 bits per heavy atom. The van der Waals surface area contributed by atoms with Crippen molar-refractivity contribution in [1.82, 2.24) is 19.7 Å². The SMILES string of the molecule is O=C(COC(=O)c1csc(NCc2ccccc2)n1)Nc1cc(Cl)ccc1-n1cncn1. The molecule has 9 nitrogen and oxygen atoms in total. The van der Waals surface area contributed by atoms with E-state index in [1.807, 2.05) is 30.3 Å². The van der Waals surface area contributed by atoms with Crippen molar-refractivity contribution in [2.75, 3.05) is 17.2 Å². The van der Waals surface area contributed by atoms with E-state index in [4.69, 9.17) is 16.3 Å². The summed E-state index contributed by atoms with van der Waals surface area (Å²) in [5, 5.41) is 12.5. The molecule has 0 aliphatic carbocycles. The summed E-state index contributed by atoms with van der Waals surface area (Å²) in [5.74, 6) is -1.22. The van der Waals surface area contributed by atoms with Crippen LogP contribution in [0.15, 0.2) is 66.6 Å². The van der Waals surface area contributed by atoms with Gasteiger partial charge in [0.05, 0.1) is 11.4 Å². The van der Waals surface area contributed by atoms with E-state index in [2.05, 4.69) is 25.7 Å². The molecule has 4 rings (SSSR count). The Morgan fingerprint density at radius 1 is 1.16 bits per heavy atom. The maximum Gasteiger partial charge on any atom is 0.358 e. The minimum Gasteiger partial charge on any atom is -0.451 e. The van der Waals surface area contributed by atoms with Crippen LogP contribution in [-0.4, -0.2) is 38.2 Å². The molecule has 0 bridgehead atoms. The lowest BCUT2D eigenvalue weighted by Gasteiger charge is -2.11. The van der Waals surface area contributed by atoms with Crippen LogP contribution < -0.4 is 10.6 Å². The monoisotopic (exact) mass is 468 g/mol. The Bertz CT molecular complexity index is 1210. The zero-order chi connectivity index (χ0) is 22.3. The molecule has 0 fully saturated rings. The molecule has 0 saturated carbocycles. The van der Waals surface area contributed by atoms with E-state index >= 15 is 0 Å². The summed E-state index contributed by atoms with van der Waals surface area (Å²) >= 11 is 7.32. The number of carbonyl (C=O) groups excluding carboxylic acids is 2. The van der Waals surface area contributed by atoms with Crippen molar-refractivity contribution in [3.05, 3.63) is 82.8 Å². The molecule has 0 spiro atoms. The Hall–Kier alpha value is -3.76. The quantitative estimate of drug-likeness (QED) is 0.378. The summed E-state index contributed by atoms with van der Waals surface area (Å²) in [7, 11) is 0. The van der Waals surface area contributed by atoms with Crippen molar-refractivity contribution in [3.63, 3.8) is 0 Å². The number of ether oxygens (including phenoxy) is 1. The minimum atomic E-state index is -0.688. The number of carbonyl (C=O) groups is 2. The van der Waals surface area contributed by atoms with Crippen LogP contribution in [-0.2, 0) is 16.1 Å². The van der Waals surface area contributed by atoms with Gasteiger partial charge in [-0.3, -0.25) is 4.79 Å². The summed E-state index contributed by atoms with van der Waals surface area (Å²) < 4.78 is 6.58. The van der Waals surface area contributed by atoms with Crippen molar-refractivity contribution >= 4 is 45.6 Å². The van der Waals surface area contributed by atoms with Gasteiger partial charge in [0.15, 0.2) is 17.4 Å². The molecular weight excluding hydrogens is 452 g/mol. The number of halogens is 1. The van der Waals surface area contributed by atoms with Crippen molar-refractivity contribution in [3.8, 4) is 5.69 Å². The predicted molar refractivity (Wildman–Crippen MR) is 121 cm³/mol. The van der Waals surface area contributed by atoms with Crippen molar-refractivity contribution in [2.45, 2.75) is 6.54 Å². The highest BCUT2D eigenvalue weighted by molar-refractivity contribution is 7.13. The van der Waals surface area contributed by atoms with Gasteiger partial charge in [0.1, 0.15) is 12.7 Å². The standard InChI is InChI=1S/C21H17ClN6O3S/c22-15-6-7-18(28-13-23-12-25-28)16(8-15)26-19(29)10-31-20(30)17-11-32-21(27-17)24-9-14-4-2-1-3-5-14/h1-8,11-13H,9-10H2,(H,24,27)(H,26,29). The first kappa shape index (κ1) is 21.5. The Kier molecular flexibility index (Phi) is 6.73. The summed E-state index contributed by atoms with van der Waals surface area (Å²) in [6.07, 6.45) is 2.86. The van der Waals surface area contributed by atoms with Crippen molar-refractivity contribution in [2.24, 2.45) is 0 Å². The van der Waals surface area contributed by atoms with Gasteiger partial charge in [-0.15, -0.1) is 11.3 Å². The zero-order valence-electron chi connectivity index (χ0n) is 16.6. The normalized spacial score (nSPS) is 10.5. The highest BCUT2D eigenvalue weighted by atomic mass is 35.5. The molecule has 2 N–H and O–H groups in total. The van der Waals surface area contributed by atoms with E-state index in [9.17, 15) is 9.59 Å². The highest BCUT2D eigenvalue weighted by Gasteiger charge is 2.16. The van der Waals surface area contributed by atoms with Crippen LogP contribution in [0.5, 0.6) is 0 Å². The first-order chi connectivity index (χ1) is 15.6. The fourth-order valence-corrected chi connectivity index (χ4v) is 3.61. The second kappa shape index (κ2) is 10.0. The summed E-state index contributed by atoms with van der Waals surface area (Å²) in [6.45, 7) is 0.103. The third kappa shape index (κ3) is 5.48. The molecule has 4 aromatic rings. The second-order valence-electron chi connectivity index (χ2n) is 6.50. The molecule has 32 heavy (non-hydrogen) atoms. The second-order valence-corrected chi connectivity index (χ2v) is 7.80. The van der Waals surface area contributed by atoms with Gasteiger partial charge in [0.2, 0.25) is 0 Å². The predicted octanol–water partition coefficient (Wildman–Crippen LogP) is 3.78. The smallest absolute Gasteiger partial charge is 0.358 e. The van der Waals surface area contributed by atoms with Gasteiger partial charge in [0.25, 0.3) is 5.91 Å². The molecule has 0 saturated heterocycles. The van der Waals surface area contributed by atoms with Crippen LogP contribution in [0.2, 0.25) is 5.02 Å². The third-order valence-electron chi connectivity index (χ3n) is 4.23. The average Bonchev–Trinajstić information content (AvgIpc) is 3.49. The molecule has 2 aromatic carbocycles. The van der Waals surface area contributed by atoms with E-state index in [-0.39, 0.29) is 5.69 Å². The fraction of sp³-hybridized carbons (Fsp3) is 0.0952. The maximum atomic E-state index is 12.3. The average molecular weight is 469 g/mol. The lowest BCUT2D eigenvalue weighted by Crippen LogP contribution is -2.22. The van der Waals surface area contributed by atoms with Gasteiger partial charge in [-0.05, 0) is 23.8 Å². The maximum absolute atomic E-state index is 12.3. The largest absolute Gasteiger partial charge is 0.451 e. The lowest BCUT2D eigenvalue weighted by atomic mass is 10.2. The number of esters is 1. The molecule has 0 aliphatic heterocycles. The van der Waals surface area contributed by atoms with Crippen molar-refractivity contribution in [1.29, 1.82) is 0 Å². The molecule has 2 heterocycles. The zero-order valence-corrected chi connectivity index (χ0v) is 18.1. The molecule has 1 amide bonds. The van der Waals surface area contributed by atoms with Crippen molar-refractivity contribution < 1.29 is 14.3 Å². The number of aromatic nitrogens is 4. The van der Waals surface area contributed by atoms with Crippen LogP contribution in [0, 0.1) is 0 Å². The number of benzene rings is 2. The lowest BCUT2D eigenvalue weighted by molar-refractivity contribution is -0.119. The first-order valence-electron chi connectivity index (χ1n) is 9.43.